The van der Waals surface area contributed by atoms with E-state index >= 15 is 0 Å². The lowest BCUT2D eigenvalue weighted by atomic mass is 9.97. The van der Waals surface area contributed by atoms with Gasteiger partial charge in [0.15, 0.2) is 5.78 Å². The summed E-state index contributed by atoms with van der Waals surface area (Å²) in [7, 11) is 0. The van der Waals surface area contributed by atoms with E-state index in [4.69, 9.17) is 4.74 Å². The van der Waals surface area contributed by atoms with Gasteiger partial charge in [-0.2, -0.15) is 0 Å². The van der Waals surface area contributed by atoms with Crippen LogP contribution in [0.25, 0.3) is 0 Å². The average molecular weight is 154 g/mol. The van der Waals surface area contributed by atoms with Crippen molar-refractivity contribution in [3.8, 4) is 0 Å². The van der Waals surface area contributed by atoms with Crippen molar-refractivity contribution >= 4 is 5.78 Å². The minimum atomic E-state index is -0.0185. The summed E-state index contributed by atoms with van der Waals surface area (Å²) < 4.78 is 5.46. The number of carbonyl (C=O) groups is 1. The molecule has 0 amide bonds. The van der Waals surface area contributed by atoms with Crippen LogP contribution in [0.3, 0.4) is 0 Å². The standard InChI is InChI=1S/C9H14O2/c1-2-9-6-4-3-5-7(10)8(9)11-9/h8H,2-6H2,1H3/t8-,9+/m1/s1. The molecule has 2 aliphatic rings. The number of ketones is 1. The molecule has 0 radical (unpaired) electrons. The van der Waals surface area contributed by atoms with Crippen LogP contribution in [-0.2, 0) is 9.53 Å². The zero-order chi connectivity index (χ0) is 7.90. The summed E-state index contributed by atoms with van der Waals surface area (Å²) in [5.74, 6) is 0.337. The first kappa shape index (κ1) is 7.29. The highest BCUT2D eigenvalue weighted by molar-refractivity contribution is 5.87. The van der Waals surface area contributed by atoms with Crippen molar-refractivity contribution in [1.82, 2.24) is 0 Å². The van der Waals surface area contributed by atoms with Gasteiger partial charge in [0.25, 0.3) is 0 Å². The molecule has 0 aromatic rings. The number of carbonyl (C=O) groups excluding carboxylic acids is 1. The van der Waals surface area contributed by atoms with Crippen molar-refractivity contribution < 1.29 is 9.53 Å². The smallest absolute Gasteiger partial charge is 0.164 e. The van der Waals surface area contributed by atoms with Gasteiger partial charge in [-0.1, -0.05) is 13.3 Å². The molecule has 1 saturated carbocycles. The molecule has 2 fully saturated rings. The van der Waals surface area contributed by atoms with E-state index in [0.717, 1.165) is 32.1 Å². The van der Waals surface area contributed by atoms with Gasteiger partial charge in [0.05, 0.1) is 0 Å². The Kier molecular flexibility index (Phi) is 1.53. The first-order valence-corrected chi connectivity index (χ1v) is 4.49. The summed E-state index contributed by atoms with van der Waals surface area (Å²) in [6.45, 7) is 2.11. The highest BCUT2D eigenvalue weighted by Gasteiger charge is 2.58. The molecule has 1 aliphatic heterocycles. The van der Waals surface area contributed by atoms with Gasteiger partial charge >= 0.3 is 0 Å². The van der Waals surface area contributed by atoms with E-state index in [1.807, 2.05) is 0 Å². The SMILES string of the molecule is CC[C@]12CCCCC(=O)[C@H]1O2. The predicted molar refractivity (Wildman–Crippen MR) is 41.4 cm³/mol. The fourth-order valence-electron chi connectivity index (χ4n) is 2.05. The van der Waals surface area contributed by atoms with Gasteiger partial charge in [-0.25, -0.2) is 0 Å². The Hall–Kier alpha value is -0.370. The van der Waals surface area contributed by atoms with Crippen molar-refractivity contribution in [3.63, 3.8) is 0 Å². The third-order valence-corrected chi connectivity index (χ3v) is 2.94. The molecular formula is C9H14O2. The zero-order valence-electron chi connectivity index (χ0n) is 6.93. The van der Waals surface area contributed by atoms with Gasteiger partial charge in [-0.15, -0.1) is 0 Å². The lowest BCUT2D eigenvalue weighted by molar-refractivity contribution is -0.120. The lowest BCUT2D eigenvalue weighted by Crippen LogP contribution is -2.17. The summed E-state index contributed by atoms with van der Waals surface area (Å²) in [5.41, 5.74) is -0.00637. The second-order valence-electron chi connectivity index (χ2n) is 3.59. The summed E-state index contributed by atoms with van der Waals surface area (Å²) in [4.78, 5) is 11.3. The Bertz CT molecular complexity index is 188. The number of rotatable bonds is 1. The fourth-order valence-corrected chi connectivity index (χ4v) is 2.05. The summed E-state index contributed by atoms with van der Waals surface area (Å²) >= 11 is 0. The number of Topliss-reactive ketones (excluding diaryl/α,β-unsaturated/α-hetero) is 1. The molecular weight excluding hydrogens is 140 g/mol. The zero-order valence-corrected chi connectivity index (χ0v) is 6.93. The molecule has 0 unspecified atom stereocenters. The molecule has 2 rings (SSSR count). The Labute approximate surface area is 66.9 Å². The first-order valence-electron chi connectivity index (χ1n) is 4.49. The van der Waals surface area contributed by atoms with E-state index < -0.39 is 0 Å². The summed E-state index contributed by atoms with van der Waals surface area (Å²) in [6.07, 6.45) is 5.06. The number of ether oxygens (including phenoxy) is 1. The van der Waals surface area contributed by atoms with Gasteiger partial charge in [0, 0.05) is 6.42 Å². The lowest BCUT2D eigenvalue weighted by Gasteiger charge is -2.04. The second-order valence-corrected chi connectivity index (χ2v) is 3.59. The van der Waals surface area contributed by atoms with Crippen LogP contribution in [0.4, 0.5) is 0 Å². The Balaban J connectivity index is 2.11. The van der Waals surface area contributed by atoms with Crippen LogP contribution in [0.1, 0.15) is 39.0 Å². The molecule has 11 heavy (non-hydrogen) atoms. The molecule has 1 aliphatic carbocycles. The Morgan fingerprint density at radius 3 is 3.18 bits per heavy atom. The van der Waals surface area contributed by atoms with Gasteiger partial charge in [-0.3, -0.25) is 4.79 Å². The van der Waals surface area contributed by atoms with Gasteiger partial charge < -0.3 is 4.74 Å². The highest BCUT2D eigenvalue weighted by atomic mass is 16.6. The molecule has 2 atom stereocenters. The molecule has 0 aromatic heterocycles. The minimum Gasteiger partial charge on any atom is -0.358 e. The predicted octanol–water partition coefficient (Wildman–Crippen LogP) is 1.68. The number of hydrogen-bond acceptors (Lipinski definition) is 2. The summed E-state index contributed by atoms with van der Waals surface area (Å²) in [6, 6.07) is 0. The number of fused-ring (bicyclic) bond motifs is 1. The van der Waals surface area contributed by atoms with Crippen molar-refractivity contribution in [2.24, 2.45) is 0 Å². The quantitative estimate of drug-likeness (QED) is 0.538. The van der Waals surface area contributed by atoms with Gasteiger partial charge in [-0.05, 0) is 19.3 Å². The van der Waals surface area contributed by atoms with Crippen molar-refractivity contribution in [2.75, 3.05) is 0 Å². The van der Waals surface area contributed by atoms with Crippen LogP contribution in [0.5, 0.6) is 0 Å². The monoisotopic (exact) mass is 154 g/mol. The molecule has 0 aromatic carbocycles. The normalized spacial score (nSPS) is 43.0. The van der Waals surface area contributed by atoms with E-state index in [2.05, 4.69) is 6.92 Å². The van der Waals surface area contributed by atoms with Gasteiger partial charge in [0.1, 0.15) is 11.7 Å². The maximum absolute atomic E-state index is 11.3. The van der Waals surface area contributed by atoms with Crippen LogP contribution in [0.2, 0.25) is 0 Å². The van der Waals surface area contributed by atoms with Crippen LogP contribution in [-0.4, -0.2) is 17.5 Å². The van der Waals surface area contributed by atoms with Crippen LogP contribution >= 0.6 is 0 Å². The van der Waals surface area contributed by atoms with E-state index in [1.165, 1.54) is 0 Å². The van der Waals surface area contributed by atoms with E-state index in [-0.39, 0.29) is 11.7 Å². The molecule has 62 valence electrons. The minimum absolute atomic E-state index is 0.00637. The number of epoxide rings is 1. The molecule has 1 saturated heterocycles. The molecule has 2 heteroatoms. The average Bonchev–Trinajstić information content (AvgIpc) is 2.72. The maximum Gasteiger partial charge on any atom is 0.164 e. The second kappa shape index (κ2) is 2.31. The van der Waals surface area contributed by atoms with Crippen molar-refractivity contribution in [1.29, 1.82) is 0 Å². The molecule has 1 heterocycles. The maximum atomic E-state index is 11.3. The van der Waals surface area contributed by atoms with E-state index in [9.17, 15) is 4.79 Å². The number of hydrogen-bond donors (Lipinski definition) is 0. The van der Waals surface area contributed by atoms with Gasteiger partial charge in [0.2, 0.25) is 0 Å². The van der Waals surface area contributed by atoms with E-state index in [1.54, 1.807) is 0 Å². The Morgan fingerprint density at radius 1 is 1.64 bits per heavy atom. The molecule has 0 N–H and O–H groups in total. The largest absolute Gasteiger partial charge is 0.358 e. The van der Waals surface area contributed by atoms with E-state index in [0.29, 0.717) is 5.78 Å². The van der Waals surface area contributed by atoms with Crippen LogP contribution in [0, 0.1) is 0 Å². The molecule has 0 spiro atoms. The molecule has 2 nitrogen and oxygen atoms in total. The topological polar surface area (TPSA) is 29.6 Å². The fraction of sp³-hybridized carbons (Fsp3) is 0.889. The van der Waals surface area contributed by atoms with Crippen molar-refractivity contribution in [2.45, 2.75) is 50.7 Å². The first-order chi connectivity index (χ1) is 5.28. The molecule has 0 bridgehead atoms. The van der Waals surface area contributed by atoms with Crippen LogP contribution < -0.4 is 0 Å². The Morgan fingerprint density at radius 2 is 2.45 bits per heavy atom. The highest BCUT2D eigenvalue weighted by Crippen LogP contribution is 2.46. The van der Waals surface area contributed by atoms with Crippen LogP contribution in [0.15, 0.2) is 0 Å². The third-order valence-electron chi connectivity index (χ3n) is 2.94. The van der Waals surface area contributed by atoms with Crippen molar-refractivity contribution in [3.05, 3.63) is 0 Å². The summed E-state index contributed by atoms with van der Waals surface area (Å²) in [5, 5.41) is 0. The third kappa shape index (κ3) is 1.00.